The van der Waals surface area contributed by atoms with Gasteiger partial charge in [0, 0.05) is 42.3 Å². The van der Waals surface area contributed by atoms with Crippen molar-refractivity contribution < 1.29 is 18.0 Å². The summed E-state index contributed by atoms with van der Waals surface area (Å²) in [7, 11) is 1.69. The highest BCUT2D eigenvalue weighted by Gasteiger charge is 2.41. The molecule has 1 aliphatic heterocycles. The Balaban J connectivity index is 0.000000236. The minimum absolute atomic E-state index is 0.425. The maximum absolute atomic E-state index is 12.0. The van der Waals surface area contributed by atoms with Crippen molar-refractivity contribution in [1.82, 2.24) is 10.3 Å². The third-order valence-corrected chi connectivity index (χ3v) is 6.67. The SMILES string of the molecule is C=C/C(=C\N=C(C)C(F)(F)F)CNC.Cc1ccc(-c2cc(C=O)cc(C3=NCC4(CCC4)C3)c2)nc1. The number of benzene rings is 1. The van der Waals surface area contributed by atoms with Gasteiger partial charge in [0.1, 0.15) is 12.0 Å². The monoisotopic (exact) mass is 510 g/mol. The first-order valence-corrected chi connectivity index (χ1v) is 12.2. The number of hydrogen-bond donors (Lipinski definition) is 1. The van der Waals surface area contributed by atoms with Crippen molar-refractivity contribution in [2.24, 2.45) is 15.4 Å². The number of aldehydes is 1. The first-order valence-electron chi connectivity index (χ1n) is 12.2. The van der Waals surface area contributed by atoms with Crippen LogP contribution in [0.5, 0.6) is 0 Å². The number of likely N-dealkylation sites (N-methyl/N-ethyl adjacent to an activating group) is 1. The molecule has 0 atom stereocenters. The van der Waals surface area contributed by atoms with Crippen LogP contribution in [0.2, 0.25) is 0 Å². The highest BCUT2D eigenvalue weighted by Crippen LogP contribution is 2.48. The van der Waals surface area contributed by atoms with Crippen molar-refractivity contribution in [2.45, 2.75) is 45.7 Å². The Hall–Kier alpha value is -3.39. The maximum atomic E-state index is 12.0. The van der Waals surface area contributed by atoms with Crippen molar-refractivity contribution in [3.05, 3.63) is 77.6 Å². The number of pyridine rings is 1. The van der Waals surface area contributed by atoms with E-state index in [2.05, 4.69) is 27.9 Å². The fourth-order valence-electron chi connectivity index (χ4n) is 4.24. The summed E-state index contributed by atoms with van der Waals surface area (Å²) in [4.78, 5) is 23.9. The van der Waals surface area contributed by atoms with Crippen LogP contribution in [-0.2, 0) is 0 Å². The van der Waals surface area contributed by atoms with Crippen molar-refractivity contribution in [3.8, 4) is 11.3 Å². The lowest BCUT2D eigenvalue weighted by Crippen LogP contribution is -2.30. The lowest BCUT2D eigenvalue weighted by molar-refractivity contribution is -0.0591. The topological polar surface area (TPSA) is 66.7 Å². The van der Waals surface area contributed by atoms with E-state index in [0.29, 0.717) is 23.1 Å². The molecule has 4 rings (SSSR count). The molecule has 0 saturated heterocycles. The van der Waals surface area contributed by atoms with Gasteiger partial charge in [-0.1, -0.05) is 25.1 Å². The summed E-state index contributed by atoms with van der Waals surface area (Å²) < 4.78 is 36.0. The molecule has 1 spiro atoms. The number of nitrogens with one attached hydrogen (secondary N) is 1. The molecule has 2 aliphatic rings. The van der Waals surface area contributed by atoms with E-state index in [0.717, 1.165) is 60.5 Å². The van der Waals surface area contributed by atoms with Gasteiger partial charge in [-0.05, 0) is 86.5 Å². The minimum atomic E-state index is -4.36. The molecule has 1 aromatic heterocycles. The number of halogens is 3. The largest absolute Gasteiger partial charge is 0.429 e. The van der Waals surface area contributed by atoms with E-state index in [1.54, 1.807) is 7.05 Å². The molecule has 1 N–H and O–H groups in total. The summed E-state index contributed by atoms with van der Waals surface area (Å²) in [5.41, 5.74) is 6.11. The van der Waals surface area contributed by atoms with E-state index in [1.807, 2.05) is 37.4 Å². The van der Waals surface area contributed by atoms with E-state index in [9.17, 15) is 18.0 Å². The molecule has 2 heterocycles. The number of hydrogen-bond acceptors (Lipinski definition) is 5. The van der Waals surface area contributed by atoms with Crippen molar-refractivity contribution in [1.29, 1.82) is 0 Å². The van der Waals surface area contributed by atoms with Crippen LogP contribution in [0.1, 0.15) is 54.1 Å². The van der Waals surface area contributed by atoms with Gasteiger partial charge in [-0.15, -0.1) is 0 Å². The molecule has 0 amide bonds. The summed E-state index contributed by atoms with van der Waals surface area (Å²) >= 11 is 0. The number of rotatable bonds is 7. The second-order valence-corrected chi connectivity index (χ2v) is 9.63. The summed E-state index contributed by atoms with van der Waals surface area (Å²) in [5.74, 6) is 0. The normalized spacial score (nSPS) is 17.0. The van der Waals surface area contributed by atoms with E-state index in [-0.39, 0.29) is 0 Å². The van der Waals surface area contributed by atoms with E-state index in [1.165, 1.54) is 25.3 Å². The average molecular weight is 511 g/mol. The third-order valence-electron chi connectivity index (χ3n) is 6.67. The van der Waals surface area contributed by atoms with Crippen LogP contribution in [0.25, 0.3) is 11.3 Å². The highest BCUT2D eigenvalue weighted by atomic mass is 19.4. The number of nitrogens with zero attached hydrogens (tertiary/aromatic N) is 3. The molecule has 8 heteroatoms. The maximum Gasteiger partial charge on any atom is 0.429 e. The molecule has 196 valence electrons. The zero-order chi connectivity index (χ0) is 27.1. The molecule has 1 aliphatic carbocycles. The Bertz CT molecular complexity index is 1210. The number of aliphatic imine (C=N–C) groups is 2. The first kappa shape index (κ1) is 28.2. The second kappa shape index (κ2) is 12.2. The lowest BCUT2D eigenvalue weighted by atomic mass is 9.67. The van der Waals surface area contributed by atoms with Crippen LogP contribution in [0.4, 0.5) is 13.2 Å². The van der Waals surface area contributed by atoms with Gasteiger partial charge >= 0.3 is 6.18 Å². The Morgan fingerprint density at radius 3 is 2.46 bits per heavy atom. The van der Waals surface area contributed by atoms with Crippen molar-refractivity contribution >= 4 is 17.7 Å². The van der Waals surface area contributed by atoms with Crippen LogP contribution in [0, 0.1) is 12.3 Å². The second-order valence-electron chi connectivity index (χ2n) is 9.63. The standard InChI is InChI=1S/C20H20N2O.C9H13F3N2/c1-14-3-4-18(21-11-14)16-7-15(12-23)8-17(9-16)19-10-20(13-22-19)5-2-6-20;1-4-8(5-13-3)6-14-7(2)9(10,11)12/h3-4,7-9,11-12H,2,5-6,10,13H2,1H3;4,6,13H,1,5H2,2-3H3/b;8-6+,14-7?. The quantitative estimate of drug-likeness (QED) is 0.262. The Morgan fingerprint density at radius 2 is 1.95 bits per heavy atom. The third kappa shape index (κ3) is 7.55. The number of aryl methyl sites for hydroxylation is 1. The van der Waals surface area contributed by atoms with Gasteiger partial charge in [-0.25, -0.2) is 0 Å². The van der Waals surface area contributed by atoms with E-state index in [4.69, 9.17) is 4.99 Å². The van der Waals surface area contributed by atoms with Crippen LogP contribution in [-0.4, -0.2) is 49.0 Å². The summed E-state index contributed by atoms with van der Waals surface area (Å²) in [5, 5.41) is 2.79. The predicted molar refractivity (Wildman–Crippen MR) is 143 cm³/mol. The van der Waals surface area contributed by atoms with Crippen LogP contribution >= 0.6 is 0 Å². The number of aromatic nitrogens is 1. The summed E-state index contributed by atoms with van der Waals surface area (Å²) in [6.07, 6.45) is 6.00. The van der Waals surface area contributed by atoms with Crippen molar-refractivity contribution in [3.63, 3.8) is 0 Å². The molecule has 0 radical (unpaired) electrons. The van der Waals surface area contributed by atoms with E-state index < -0.39 is 11.9 Å². The van der Waals surface area contributed by atoms with Crippen LogP contribution < -0.4 is 5.32 Å². The zero-order valence-electron chi connectivity index (χ0n) is 21.5. The first-order chi connectivity index (χ1) is 17.6. The predicted octanol–water partition coefficient (Wildman–Crippen LogP) is 6.53. The van der Waals surface area contributed by atoms with Gasteiger partial charge in [-0.3, -0.25) is 19.8 Å². The molecular weight excluding hydrogens is 477 g/mol. The number of alkyl halides is 3. The summed E-state index contributed by atoms with van der Waals surface area (Å²) in [6.45, 7) is 7.80. The van der Waals surface area contributed by atoms with Gasteiger partial charge in [0.25, 0.3) is 0 Å². The van der Waals surface area contributed by atoms with Gasteiger partial charge < -0.3 is 5.32 Å². The van der Waals surface area contributed by atoms with Crippen molar-refractivity contribution in [2.75, 3.05) is 20.1 Å². The lowest BCUT2D eigenvalue weighted by Gasteiger charge is -2.37. The molecule has 1 aromatic carbocycles. The molecule has 37 heavy (non-hydrogen) atoms. The fourth-order valence-corrected chi connectivity index (χ4v) is 4.24. The molecular formula is C29H33F3N4O. The van der Waals surface area contributed by atoms with Gasteiger partial charge in [0.05, 0.1) is 5.69 Å². The summed E-state index contributed by atoms with van der Waals surface area (Å²) in [6, 6.07) is 10.0. The average Bonchev–Trinajstić information content (AvgIpc) is 3.33. The van der Waals surface area contributed by atoms with Crippen LogP contribution in [0.3, 0.4) is 0 Å². The number of carbonyl (C=O) groups is 1. The van der Waals surface area contributed by atoms with Gasteiger partial charge in [0.2, 0.25) is 0 Å². The molecule has 0 bridgehead atoms. The molecule has 0 unspecified atom stereocenters. The van der Waals surface area contributed by atoms with Gasteiger partial charge in [0.15, 0.2) is 0 Å². The van der Waals surface area contributed by atoms with E-state index >= 15 is 0 Å². The molecule has 5 nitrogen and oxygen atoms in total. The number of carbonyl (C=O) groups excluding carboxylic acids is 1. The minimum Gasteiger partial charge on any atom is -0.316 e. The Kier molecular flexibility index (Phi) is 9.32. The smallest absolute Gasteiger partial charge is 0.316 e. The van der Waals surface area contributed by atoms with Crippen LogP contribution in [0.15, 0.2) is 70.9 Å². The fraction of sp³-hybridized carbons (Fsp3) is 0.379. The zero-order valence-corrected chi connectivity index (χ0v) is 21.5. The molecule has 2 aromatic rings. The Morgan fingerprint density at radius 1 is 1.22 bits per heavy atom. The molecule has 1 fully saturated rings. The Labute approximate surface area is 216 Å². The highest BCUT2D eigenvalue weighted by molar-refractivity contribution is 6.04. The molecule has 1 saturated carbocycles. The van der Waals surface area contributed by atoms with Gasteiger partial charge in [-0.2, -0.15) is 13.2 Å².